The molecule has 2 aliphatic rings. The van der Waals surface area contributed by atoms with E-state index in [2.05, 4.69) is 34.9 Å². The van der Waals surface area contributed by atoms with E-state index in [-0.39, 0.29) is 11.7 Å². The maximum Gasteiger partial charge on any atom is 0.242 e. The topological polar surface area (TPSA) is 26.8 Å². The Kier molecular flexibility index (Phi) is 5.76. The van der Waals surface area contributed by atoms with E-state index in [0.29, 0.717) is 24.9 Å². The highest BCUT2D eigenvalue weighted by Crippen LogP contribution is 2.39. The molecular weight excluding hydrogens is 373 g/mol. The number of nitrogens with zero attached hydrogens (tertiary/aromatic N) is 3. The lowest BCUT2D eigenvalue weighted by molar-refractivity contribution is -0.130. The van der Waals surface area contributed by atoms with Gasteiger partial charge in [0.1, 0.15) is 5.82 Å². The third kappa shape index (κ3) is 4.12. The van der Waals surface area contributed by atoms with E-state index in [1.165, 1.54) is 22.7 Å². The molecule has 1 amide bonds. The van der Waals surface area contributed by atoms with Crippen molar-refractivity contribution in [1.29, 1.82) is 0 Å². The average molecular weight is 400 g/mol. The van der Waals surface area contributed by atoms with Gasteiger partial charge in [-0.25, -0.2) is 4.39 Å². The highest BCUT2D eigenvalue weighted by Gasteiger charge is 2.28. The predicted octanol–water partition coefficient (Wildman–Crippen LogP) is 3.87. The van der Waals surface area contributed by atoms with Crippen molar-refractivity contribution in [2.45, 2.75) is 23.5 Å². The summed E-state index contributed by atoms with van der Waals surface area (Å²) in [6, 6.07) is 15.0. The molecule has 4 nitrogen and oxygen atoms in total. The number of anilines is 2. The first-order valence-corrected chi connectivity index (χ1v) is 10.8. The number of benzene rings is 2. The summed E-state index contributed by atoms with van der Waals surface area (Å²) in [5.41, 5.74) is 2.19. The number of hydrogen-bond acceptors (Lipinski definition) is 4. The molecule has 2 aliphatic heterocycles. The lowest BCUT2D eigenvalue weighted by atomic mass is 10.2. The molecule has 0 bridgehead atoms. The van der Waals surface area contributed by atoms with Crippen molar-refractivity contribution in [1.82, 2.24) is 4.90 Å². The molecule has 0 spiro atoms. The van der Waals surface area contributed by atoms with Gasteiger partial charge in [-0.05, 0) is 42.8 Å². The fourth-order valence-electron chi connectivity index (χ4n) is 3.87. The van der Waals surface area contributed by atoms with Gasteiger partial charge in [0.05, 0.1) is 12.2 Å². The van der Waals surface area contributed by atoms with E-state index < -0.39 is 0 Å². The lowest BCUT2D eigenvalue weighted by Crippen LogP contribution is -2.52. The van der Waals surface area contributed by atoms with Crippen molar-refractivity contribution in [2.24, 2.45) is 0 Å². The number of carbonyl (C=O) groups is 1. The molecule has 0 aromatic heterocycles. The molecule has 1 fully saturated rings. The van der Waals surface area contributed by atoms with Crippen molar-refractivity contribution < 1.29 is 9.18 Å². The lowest BCUT2D eigenvalue weighted by Gasteiger charge is -2.39. The summed E-state index contributed by atoms with van der Waals surface area (Å²) in [6.07, 6.45) is 1.10. The summed E-state index contributed by atoms with van der Waals surface area (Å²) in [5.74, 6) is -0.0294. The number of amides is 1. The third-order valence-corrected chi connectivity index (χ3v) is 6.94. The predicted molar refractivity (Wildman–Crippen MR) is 114 cm³/mol. The minimum atomic E-state index is -0.220. The van der Waals surface area contributed by atoms with Crippen molar-refractivity contribution >= 4 is 29.0 Å². The molecule has 4 rings (SSSR count). The third-order valence-electron chi connectivity index (χ3n) is 5.53. The van der Waals surface area contributed by atoms with Gasteiger partial charge in [-0.3, -0.25) is 4.79 Å². The molecule has 1 atom stereocenters. The van der Waals surface area contributed by atoms with Crippen LogP contribution in [0.3, 0.4) is 0 Å². The summed E-state index contributed by atoms with van der Waals surface area (Å²) in [6.45, 7) is 6.53. The van der Waals surface area contributed by atoms with Crippen molar-refractivity contribution in [3.63, 3.8) is 0 Å². The Morgan fingerprint density at radius 3 is 2.50 bits per heavy atom. The first-order valence-electron chi connectivity index (χ1n) is 9.93. The summed E-state index contributed by atoms with van der Waals surface area (Å²) in [7, 11) is 0. The number of halogens is 1. The standard InChI is InChI=1S/C22H26FN3OS/c1-2-19-15-26(20-5-3-4-6-21(20)28-19)16-22(27)25-13-11-24(12-14-25)18-9-7-17(23)8-10-18/h3-10,19H,2,11-16H2,1H3/t19-/m0/s1. The second kappa shape index (κ2) is 8.43. The van der Waals surface area contributed by atoms with Crippen LogP contribution >= 0.6 is 11.8 Å². The van der Waals surface area contributed by atoms with Crippen molar-refractivity contribution in [3.8, 4) is 0 Å². The monoisotopic (exact) mass is 399 g/mol. The Hall–Kier alpha value is -2.21. The maximum absolute atomic E-state index is 13.1. The van der Waals surface area contributed by atoms with Gasteiger partial charge in [-0.1, -0.05) is 19.1 Å². The highest BCUT2D eigenvalue weighted by atomic mass is 32.2. The molecule has 0 saturated carbocycles. The first kappa shape index (κ1) is 19.1. The van der Waals surface area contributed by atoms with Gasteiger partial charge in [0, 0.05) is 48.6 Å². The number of hydrogen-bond donors (Lipinski definition) is 0. The van der Waals surface area contributed by atoms with Crippen molar-refractivity contribution in [3.05, 3.63) is 54.3 Å². The van der Waals surface area contributed by atoms with E-state index in [0.717, 1.165) is 31.7 Å². The van der Waals surface area contributed by atoms with Crippen LogP contribution in [-0.4, -0.2) is 55.3 Å². The Balaban J connectivity index is 1.37. The zero-order valence-corrected chi connectivity index (χ0v) is 17.0. The number of piperazine rings is 1. The molecule has 0 unspecified atom stereocenters. The summed E-state index contributed by atoms with van der Waals surface area (Å²) < 4.78 is 13.1. The molecule has 2 aromatic carbocycles. The van der Waals surface area contributed by atoms with E-state index in [4.69, 9.17) is 0 Å². The summed E-state index contributed by atoms with van der Waals surface area (Å²) >= 11 is 1.92. The molecule has 1 saturated heterocycles. The second-order valence-electron chi connectivity index (χ2n) is 7.34. The van der Waals surface area contributed by atoms with Crippen LogP contribution in [0.2, 0.25) is 0 Å². The summed E-state index contributed by atoms with van der Waals surface area (Å²) in [4.78, 5) is 20.7. The molecule has 6 heteroatoms. The molecule has 0 aliphatic carbocycles. The van der Waals surface area contributed by atoms with Crippen LogP contribution in [0.5, 0.6) is 0 Å². The zero-order chi connectivity index (χ0) is 19.5. The van der Waals surface area contributed by atoms with Crippen LogP contribution in [0.15, 0.2) is 53.4 Å². The van der Waals surface area contributed by atoms with Crippen LogP contribution in [0.1, 0.15) is 13.3 Å². The average Bonchev–Trinajstić information content (AvgIpc) is 2.74. The Labute approximate surface area is 170 Å². The van der Waals surface area contributed by atoms with Gasteiger partial charge >= 0.3 is 0 Å². The molecule has 2 aromatic rings. The van der Waals surface area contributed by atoms with Crippen molar-refractivity contribution in [2.75, 3.05) is 49.1 Å². The van der Waals surface area contributed by atoms with Gasteiger partial charge in [0.2, 0.25) is 5.91 Å². The fraction of sp³-hybridized carbons (Fsp3) is 0.409. The van der Waals surface area contributed by atoms with Gasteiger partial charge in [0.15, 0.2) is 0 Å². The second-order valence-corrected chi connectivity index (χ2v) is 8.68. The largest absolute Gasteiger partial charge is 0.368 e. The van der Waals surface area contributed by atoms with Crippen LogP contribution in [0.25, 0.3) is 0 Å². The molecular formula is C22H26FN3OS. The minimum Gasteiger partial charge on any atom is -0.368 e. The highest BCUT2D eigenvalue weighted by molar-refractivity contribution is 8.00. The van der Waals surface area contributed by atoms with Crippen LogP contribution in [0, 0.1) is 5.82 Å². The van der Waals surface area contributed by atoms with E-state index >= 15 is 0 Å². The van der Waals surface area contributed by atoms with Gasteiger partial charge in [-0.2, -0.15) is 0 Å². The zero-order valence-electron chi connectivity index (χ0n) is 16.2. The van der Waals surface area contributed by atoms with E-state index in [1.807, 2.05) is 22.7 Å². The Morgan fingerprint density at radius 2 is 1.79 bits per heavy atom. The van der Waals surface area contributed by atoms with Gasteiger partial charge in [-0.15, -0.1) is 11.8 Å². The minimum absolute atomic E-state index is 0.190. The normalized spacial score (nSPS) is 19.5. The van der Waals surface area contributed by atoms with Crippen LogP contribution in [0.4, 0.5) is 15.8 Å². The first-order chi connectivity index (χ1) is 13.6. The van der Waals surface area contributed by atoms with Gasteiger partial charge < -0.3 is 14.7 Å². The quantitative estimate of drug-likeness (QED) is 0.780. The summed E-state index contributed by atoms with van der Waals surface area (Å²) in [5, 5.41) is 0.526. The number of fused-ring (bicyclic) bond motifs is 1. The maximum atomic E-state index is 13.1. The fourth-order valence-corrected chi connectivity index (χ4v) is 5.13. The molecule has 2 heterocycles. The van der Waals surface area contributed by atoms with E-state index in [1.54, 1.807) is 12.1 Å². The molecule has 0 radical (unpaired) electrons. The molecule has 148 valence electrons. The number of rotatable bonds is 4. The Morgan fingerprint density at radius 1 is 1.07 bits per heavy atom. The smallest absolute Gasteiger partial charge is 0.242 e. The van der Waals surface area contributed by atoms with Crippen LogP contribution < -0.4 is 9.80 Å². The van der Waals surface area contributed by atoms with Crippen LogP contribution in [-0.2, 0) is 4.79 Å². The number of para-hydroxylation sites is 1. The van der Waals surface area contributed by atoms with Gasteiger partial charge in [0.25, 0.3) is 0 Å². The Bertz CT molecular complexity index is 821. The molecule has 0 N–H and O–H groups in total. The number of carbonyl (C=O) groups excluding carboxylic acids is 1. The van der Waals surface area contributed by atoms with E-state index in [9.17, 15) is 9.18 Å². The number of thioether (sulfide) groups is 1. The SMILES string of the molecule is CC[C@H]1CN(CC(=O)N2CCN(c3ccc(F)cc3)CC2)c2ccccc2S1. The molecule has 28 heavy (non-hydrogen) atoms.